The number of hydrogen-bond donors (Lipinski definition) is 2. The predicted octanol–water partition coefficient (Wildman–Crippen LogP) is 0.679. The SMILES string of the molecule is CCNC(=O)NC(=O)CSc1nc2nc(C)cc(C)n2n1. The highest BCUT2D eigenvalue weighted by molar-refractivity contribution is 7.99. The molecule has 0 saturated heterocycles. The Morgan fingerprint density at radius 3 is 2.81 bits per heavy atom. The second-order valence-corrected chi connectivity index (χ2v) is 5.28. The molecule has 2 aromatic heterocycles. The summed E-state index contributed by atoms with van der Waals surface area (Å²) in [4.78, 5) is 31.3. The minimum Gasteiger partial charge on any atom is -0.338 e. The van der Waals surface area contributed by atoms with Crippen molar-refractivity contribution in [3.05, 3.63) is 17.5 Å². The van der Waals surface area contributed by atoms with Gasteiger partial charge in [-0.2, -0.15) is 4.98 Å². The molecule has 21 heavy (non-hydrogen) atoms. The lowest BCUT2D eigenvalue weighted by atomic mass is 10.4. The van der Waals surface area contributed by atoms with Gasteiger partial charge in [0, 0.05) is 17.9 Å². The van der Waals surface area contributed by atoms with Crippen LogP contribution < -0.4 is 10.6 Å². The van der Waals surface area contributed by atoms with Gasteiger partial charge in [0.05, 0.1) is 5.75 Å². The summed E-state index contributed by atoms with van der Waals surface area (Å²) < 4.78 is 1.62. The van der Waals surface area contributed by atoms with Crippen molar-refractivity contribution in [2.24, 2.45) is 0 Å². The molecule has 0 bridgehead atoms. The normalized spacial score (nSPS) is 10.6. The fourth-order valence-corrected chi connectivity index (χ4v) is 2.32. The molecule has 112 valence electrons. The van der Waals surface area contributed by atoms with E-state index in [0.717, 1.165) is 23.1 Å². The third-order valence-corrected chi connectivity index (χ3v) is 3.36. The number of nitrogens with zero attached hydrogens (tertiary/aromatic N) is 4. The Kier molecular flexibility index (Phi) is 4.73. The van der Waals surface area contributed by atoms with Crippen molar-refractivity contribution < 1.29 is 9.59 Å². The highest BCUT2D eigenvalue weighted by Gasteiger charge is 2.11. The molecule has 0 spiro atoms. The van der Waals surface area contributed by atoms with E-state index < -0.39 is 11.9 Å². The highest BCUT2D eigenvalue weighted by atomic mass is 32.2. The molecule has 0 aliphatic carbocycles. The van der Waals surface area contributed by atoms with Crippen LogP contribution in [0.4, 0.5) is 4.79 Å². The van der Waals surface area contributed by atoms with Crippen LogP contribution in [0.5, 0.6) is 0 Å². The van der Waals surface area contributed by atoms with E-state index in [1.807, 2.05) is 19.9 Å². The van der Waals surface area contributed by atoms with E-state index in [9.17, 15) is 9.59 Å². The summed E-state index contributed by atoms with van der Waals surface area (Å²) in [6, 6.07) is 1.40. The Hall–Kier alpha value is -2.16. The smallest absolute Gasteiger partial charge is 0.321 e. The molecule has 0 saturated carbocycles. The van der Waals surface area contributed by atoms with Crippen LogP contribution in [0.1, 0.15) is 18.3 Å². The maximum absolute atomic E-state index is 11.6. The average molecular weight is 308 g/mol. The van der Waals surface area contributed by atoms with Crippen molar-refractivity contribution in [2.75, 3.05) is 12.3 Å². The van der Waals surface area contributed by atoms with E-state index in [-0.39, 0.29) is 5.75 Å². The van der Waals surface area contributed by atoms with Gasteiger partial charge in [-0.25, -0.2) is 14.3 Å². The fourth-order valence-electron chi connectivity index (χ4n) is 1.71. The van der Waals surface area contributed by atoms with E-state index in [4.69, 9.17) is 0 Å². The van der Waals surface area contributed by atoms with E-state index in [0.29, 0.717) is 17.5 Å². The number of rotatable bonds is 4. The highest BCUT2D eigenvalue weighted by Crippen LogP contribution is 2.14. The first kappa shape index (κ1) is 15.2. The Bertz CT molecular complexity index is 684. The fraction of sp³-hybridized carbons (Fsp3) is 0.417. The molecular weight excluding hydrogens is 292 g/mol. The van der Waals surface area contributed by atoms with Crippen molar-refractivity contribution in [3.63, 3.8) is 0 Å². The zero-order chi connectivity index (χ0) is 15.4. The van der Waals surface area contributed by atoms with Crippen LogP contribution in [-0.4, -0.2) is 43.8 Å². The Balaban J connectivity index is 1.99. The van der Waals surface area contributed by atoms with Gasteiger partial charge in [-0.3, -0.25) is 10.1 Å². The number of carbonyl (C=O) groups excluding carboxylic acids is 2. The molecule has 0 radical (unpaired) electrons. The van der Waals surface area contributed by atoms with E-state index in [2.05, 4.69) is 25.7 Å². The number of thioether (sulfide) groups is 1. The lowest BCUT2D eigenvalue weighted by Gasteiger charge is -2.02. The van der Waals surface area contributed by atoms with Crippen LogP contribution in [0.3, 0.4) is 0 Å². The van der Waals surface area contributed by atoms with Crippen LogP contribution in [0.15, 0.2) is 11.2 Å². The van der Waals surface area contributed by atoms with Gasteiger partial charge in [0.15, 0.2) is 0 Å². The van der Waals surface area contributed by atoms with Crippen LogP contribution in [0.2, 0.25) is 0 Å². The van der Waals surface area contributed by atoms with Gasteiger partial charge in [0.1, 0.15) is 0 Å². The molecule has 9 heteroatoms. The first-order valence-corrected chi connectivity index (χ1v) is 7.39. The van der Waals surface area contributed by atoms with Gasteiger partial charge in [0.25, 0.3) is 5.78 Å². The number of aryl methyl sites for hydroxylation is 2. The third-order valence-electron chi connectivity index (χ3n) is 2.52. The summed E-state index contributed by atoms with van der Waals surface area (Å²) in [5, 5.41) is 9.41. The minimum atomic E-state index is -0.501. The summed E-state index contributed by atoms with van der Waals surface area (Å²) in [6.07, 6.45) is 0. The molecule has 2 N–H and O–H groups in total. The molecule has 0 unspecified atom stereocenters. The Labute approximate surface area is 125 Å². The zero-order valence-corrected chi connectivity index (χ0v) is 12.8. The van der Waals surface area contributed by atoms with Gasteiger partial charge in [-0.1, -0.05) is 11.8 Å². The Morgan fingerprint density at radius 2 is 2.10 bits per heavy atom. The molecule has 0 aliphatic rings. The second kappa shape index (κ2) is 6.53. The van der Waals surface area contributed by atoms with Crippen molar-refractivity contribution in [1.82, 2.24) is 30.2 Å². The number of aromatic nitrogens is 4. The molecule has 0 fully saturated rings. The molecular formula is C12H16N6O2S. The monoisotopic (exact) mass is 308 g/mol. The molecule has 0 aliphatic heterocycles. The summed E-state index contributed by atoms with van der Waals surface area (Å²) in [7, 11) is 0. The van der Waals surface area contributed by atoms with Gasteiger partial charge >= 0.3 is 6.03 Å². The molecule has 2 rings (SSSR count). The number of fused-ring (bicyclic) bond motifs is 1. The molecule has 2 heterocycles. The molecule has 2 aromatic rings. The van der Waals surface area contributed by atoms with Crippen molar-refractivity contribution in [1.29, 1.82) is 0 Å². The number of amides is 3. The number of carbonyl (C=O) groups is 2. The van der Waals surface area contributed by atoms with Gasteiger partial charge < -0.3 is 5.32 Å². The zero-order valence-electron chi connectivity index (χ0n) is 12.0. The number of imide groups is 1. The van der Waals surface area contributed by atoms with Crippen LogP contribution >= 0.6 is 11.8 Å². The molecule has 0 aromatic carbocycles. The molecule has 8 nitrogen and oxygen atoms in total. The standard InChI is InChI=1S/C12H16N6O2S/c1-4-13-11(20)15-9(19)6-21-12-16-10-14-7(2)5-8(3)18(10)17-12/h5H,4,6H2,1-3H3,(H2,13,15,19,20). The first-order chi connectivity index (χ1) is 9.99. The summed E-state index contributed by atoms with van der Waals surface area (Å²) in [5.74, 6) is 0.163. The maximum Gasteiger partial charge on any atom is 0.321 e. The lowest BCUT2D eigenvalue weighted by Crippen LogP contribution is -2.40. The largest absolute Gasteiger partial charge is 0.338 e. The summed E-state index contributed by atoms with van der Waals surface area (Å²) in [5.41, 5.74) is 1.78. The molecule has 0 atom stereocenters. The Morgan fingerprint density at radius 1 is 1.33 bits per heavy atom. The summed E-state index contributed by atoms with van der Waals surface area (Å²) >= 11 is 1.15. The third kappa shape index (κ3) is 3.91. The predicted molar refractivity (Wildman–Crippen MR) is 78.2 cm³/mol. The summed E-state index contributed by atoms with van der Waals surface area (Å²) in [6.45, 7) is 6.03. The topological polar surface area (TPSA) is 101 Å². The van der Waals surface area contributed by atoms with Gasteiger partial charge in [-0.05, 0) is 26.8 Å². The number of urea groups is 1. The van der Waals surface area contributed by atoms with Crippen molar-refractivity contribution >= 4 is 29.5 Å². The maximum atomic E-state index is 11.6. The van der Waals surface area contributed by atoms with Crippen LogP contribution in [-0.2, 0) is 4.79 Å². The number of hydrogen-bond acceptors (Lipinski definition) is 6. The number of nitrogens with one attached hydrogen (secondary N) is 2. The van der Waals surface area contributed by atoms with E-state index >= 15 is 0 Å². The molecule has 3 amide bonds. The van der Waals surface area contributed by atoms with Gasteiger partial charge in [0.2, 0.25) is 11.1 Å². The van der Waals surface area contributed by atoms with Crippen molar-refractivity contribution in [3.8, 4) is 0 Å². The van der Waals surface area contributed by atoms with E-state index in [1.54, 1.807) is 11.4 Å². The van der Waals surface area contributed by atoms with Crippen LogP contribution in [0.25, 0.3) is 5.78 Å². The average Bonchev–Trinajstić information content (AvgIpc) is 2.79. The van der Waals surface area contributed by atoms with Crippen molar-refractivity contribution in [2.45, 2.75) is 25.9 Å². The first-order valence-electron chi connectivity index (χ1n) is 6.41. The van der Waals surface area contributed by atoms with E-state index in [1.165, 1.54) is 0 Å². The van der Waals surface area contributed by atoms with Gasteiger partial charge in [-0.15, -0.1) is 5.10 Å². The lowest BCUT2D eigenvalue weighted by molar-refractivity contribution is -0.117. The second-order valence-electron chi connectivity index (χ2n) is 4.34. The van der Waals surface area contributed by atoms with Crippen LogP contribution in [0, 0.1) is 13.8 Å². The minimum absolute atomic E-state index is 0.0616. The quantitative estimate of drug-likeness (QED) is 0.805.